The average molecular weight is 474 g/mol. The van der Waals surface area contributed by atoms with Crippen molar-refractivity contribution in [2.24, 2.45) is 16.8 Å². The molecule has 0 bridgehead atoms. The fourth-order valence-electron chi connectivity index (χ4n) is 3.99. The third kappa shape index (κ3) is 5.37. The van der Waals surface area contributed by atoms with Crippen molar-refractivity contribution in [2.45, 2.75) is 32.6 Å². The highest BCUT2D eigenvalue weighted by Gasteiger charge is 2.26. The zero-order chi connectivity index (χ0) is 17.6. The molecule has 7 heteroatoms. The maximum absolute atomic E-state index is 12.3. The minimum Gasteiger partial charge on any atom is -0.459 e. The van der Waals surface area contributed by atoms with Gasteiger partial charge in [-0.2, -0.15) is 0 Å². The van der Waals surface area contributed by atoms with E-state index in [9.17, 15) is 4.79 Å². The highest BCUT2D eigenvalue weighted by molar-refractivity contribution is 14.0. The highest BCUT2D eigenvalue weighted by Crippen LogP contribution is 2.27. The lowest BCUT2D eigenvalue weighted by Gasteiger charge is -2.37. The van der Waals surface area contributed by atoms with Crippen LogP contribution in [0.3, 0.4) is 0 Å². The van der Waals surface area contributed by atoms with E-state index in [1.807, 2.05) is 11.9 Å². The summed E-state index contributed by atoms with van der Waals surface area (Å²) in [7, 11) is 1.84. The molecule has 0 spiro atoms. The van der Waals surface area contributed by atoms with Crippen molar-refractivity contribution in [1.29, 1.82) is 0 Å². The summed E-state index contributed by atoms with van der Waals surface area (Å²) in [5, 5.41) is 3.55. The van der Waals surface area contributed by atoms with Crippen LogP contribution in [0, 0.1) is 11.8 Å². The molecule has 1 aliphatic heterocycles. The number of nitrogens with one attached hydrogen (secondary N) is 1. The normalized spacial score (nSPS) is 24.2. The van der Waals surface area contributed by atoms with Crippen LogP contribution in [0.25, 0.3) is 0 Å². The van der Waals surface area contributed by atoms with E-state index < -0.39 is 0 Å². The molecular weight excluding hydrogens is 443 g/mol. The first-order chi connectivity index (χ1) is 12.2. The number of halogens is 1. The molecule has 1 saturated carbocycles. The molecule has 2 heterocycles. The average Bonchev–Trinajstić information content (AvgIpc) is 3.17. The number of piperazine rings is 1. The standard InChI is InChI=1S/C19H30N4O2.HI/c1-15-5-3-6-16(13-15)14-21-19(20-2)23-10-8-22(9-11-23)18(24)17-7-4-12-25-17;/h4,7,12,15-16H,3,5-6,8-11,13-14H2,1-2H3,(H,20,21);1H. The van der Waals surface area contributed by atoms with Gasteiger partial charge in [-0.1, -0.05) is 19.8 Å². The Hall–Kier alpha value is -1.25. The number of hydrogen-bond acceptors (Lipinski definition) is 3. The second kappa shape index (κ2) is 10.2. The Morgan fingerprint density at radius 1 is 1.27 bits per heavy atom. The van der Waals surface area contributed by atoms with Crippen LogP contribution >= 0.6 is 24.0 Å². The van der Waals surface area contributed by atoms with Crippen LogP contribution in [-0.4, -0.2) is 61.4 Å². The zero-order valence-corrected chi connectivity index (χ0v) is 18.1. The van der Waals surface area contributed by atoms with E-state index >= 15 is 0 Å². The fourth-order valence-corrected chi connectivity index (χ4v) is 3.99. The molecule has 1 N–H and O–H groups in total. The Bertz CT molecular complexity index is 582. The smallest absolute Gasteiger partial charge is 0.289 e. The van der Waals surface area contributed by atoms with E-state index in [1.54, 1.807) is 18.4 Å². The molecule has 2 aliphatic rings. The second-order valence-electron chi connectivity index (χ2n) is 7.32. The Morgan fingerprint density at radius 2 is 2.00 bits per heavy atom. The van der Waals surface area contributed by atoms with Crippen LogP contribution in [-0.2, 0) is 0 Å². The predicted molar refractivity (Wildman–Crippen MR) is 114 cm³/mol. The molecule has 1 aliphatic carbocycles. The number of rotatable bonds is 3. The maximum Gasteiger partial charge on any atom is 0.289 e. The number of guanidine groups is 1. The van der Waals surface area contributed by atoms with E-state index in [2.05, 4.69) is 22.1 Å². The summed E-state index contributed by atoms with van der Waals surface area (Å²) in [6.07, 6.45) is 6.90. The van der Waals surface area contributed by atoms with Crippen molar-refractivity contribution in [3.8, 4) is 0 Å². The molecule has 3 rings (SSSR count). The molecule has 1 saturated heterocycles. The van der Waals surface area contributed by atoms with Crippen molar-refractivity contribution in [3.05, 3.63) is 24.2 Å². The minimum atomic E-state index is -0.0243. The van der Waals surface area contributed by atoms with Crippen molar-refractivity contribution in [2.75, 3.05) is 39.8 Å². The van der Waals surface area contributed by atoms with E-state index in [4.69, 9.17) is 4.42 Å². The molecule has 0 radical (unpaired) electrons. The van der Waals surface area contributed by atoms with Gasteiger partial charge >= 0.3 is 0 Å². The Labute approximate surface area is 173 Å². The summed E-state index contributed by atoms with van der Waals surface area (Å²) < 4.78 is 5.22. The van der Waals surface area contributed by atoms with Gasteiger partial charge in [0, 0.05) is 39.8 Å². The largest absolute Gasteiger partial charge is 0.459 e. The van der Waals surface area contributed by atoms with Crippen LogP contribution in [0.1, 0.15) is 43.2 Å². The predicted octanol–water partition coefficient (Wildman–Crippen LogP) is 3.06. The summed E-state index contributed by atoms with van der Waals surface area (Å²) in [6.45, 7) is 6.35. The van der Waals surface area contributed by atoms with Crippen LogP contribution in [0.15, 0.2) is 27.8 Å². The summed E-state index contributed by atoms with van der Waals surface area (Å²) in [4.78, 5) is 20.9. The first-order valence-corrected chi connectivity index (χ1v) is 9.45. The van der Waals surface area contributed by atoms with Gasteiger partial charge in [-0.05, 0) is 36.8 Å². The molecule has 2 atom stereocenters. The lowest BCUT2D eigenvalue weighted by molar-refractivity contribution is 0.0657. The van der Waals surface area contributed by atoms with Crippen molar-refractivity contribution >= 4 is 35.8 Å². The number of hydrogen-bond donors (Lipinski definition) is 1. The second-order valence-corrected chi connectivity index (χ2v) is 7.32. The third-order valence-electron chi connectivity index (χ3n) is 5.40. The van der Waals surface area contributed by atoms with Gasteiger partial charge in [0.05, 0.1) is 6.26 Å². The van der Waals surface area contributed by atoms with Gasteiger partial charge in [0.15, 0.2) is 11.7 Å². The summed E-state index contributed by atoms with van der Waals surface area (Å²) in [5.74, 6) is 2.95. The Morgan fingerprint density at radius 3 is 2.62 bits per heavy atom. The van der Waals surface area contributed by atoms with Gasteiger partial charge in [-0.25, -0.2) is 0 Å². The van der Waals surface area contributed by atoms with E-state index in [0.29, 0.717) is 18.8 Å². The summed E-state index contributed by atoms with van der Waals surface area (Å²) in [6, 6.07) is 3.47. The van der Waals surface area contributed by atoms with E-state index in [-0.39, 0.29) is 29.9 Å². The van der Waals surface area contributed by atoms with Gasteiger partial charge in [0.25, 0.3) is 5.91 Å². The monoisotopic (exact) mass is 474 g/mol. The van der Waals surface area contributed by atoms with E-state index in [0.717, 1.165) is 37.4 Å². The van der Waals surface area contributed by atoms with Crippen LogP contribution in [0.2, 0.25) is 0 Å². The molecule has 6 nitrogen and oxygen atoms in total. The van der Waals surface area contributed by atoms with Crippen molar-refractivity contribution in [3.63, 3.8) is 0 Å². The zero-order valence-electron chi connectivity index (χ0n) is 15.8. The summed E-state index contributed by atoms with van der Waals surface area (Å²) in [5.41, 5.74) is 0. The highest BCUT2D eigenvalue weighted by atomic mass is 127. The first-order valence-electron chi connectivity index (χ1n) is 9.45. The molecule has 0 aromatic carbocycles. The van der Waals surface area contributed by atoms with Gasteiger partial charge in [0.1, 0.15) is 0 Å². The Balaban J connectivity index is 0.00000243. The van der Waals surface area contributed by atoms with Crippen LogP contribution < -0.4 is 5.32 Å². The number of furan rings is 1. The van der Waals surface area contributed by atoms with Crippen LogP contribution in [0.4, 0.5) is 0 Å². The number of carbonyl (C=O) groups is 1. The maximum atomic E-state index is 12.3. The van der Waals surface area contributed by atoms with Gasteiger partial charge < -0.3 is 19.5 Å². The minimum absolute atomic E-state index is 0. The van der Waals surface area contributed by atoms with Crippen molar-refractivity contribution in [1.82, 2.24) is 15.1 Å². The van der Waals surface area contributed by atoms with Gasteiger partial charge in [-0.3, -0.25) is 9.79 Å². The van der Waals surface area contributed by atoms with Crippen molar-refractivity contribution < 1.29 is 9.21 Å². The third-order valence-corrected chi connectivity index (χ3v) is 5.40. The number of aliphatic imine (C=N–C) groups is 1. The SMILES string of the molecule is CN=C(NCC1CCCC(C)C1)N1CCN(C(=O)c2ccco2)CC1.I. The molecular formula is C19H31IN4O2. The van der Waals surface area contributed by atoms with Crippen LogP contribution in [0.5, 0.6) is 0 Å². The quantitative estimate of drug-likeness (QED) is 0.416. The number of amides is 1. The fraction of sp³-hybridized carbons (Fsp3) is 0.684. The van der Waals surface area contributed by atoms with E-state index in [1.165, 1.54) is 25.7 Å². The first kappa shape index (κ1) is 21.1. The molecule has 1 aromatic heterocycles. The van der Waals surface area contributed by atoms with Gasteiger partial charge in [0.2, 0.25) is 0 Å². The molecule has 2 fully saturated rings. The molecule has 26 heavy (non-hydrogen) atoms. The molecule has 146 valence electrons. The summed E-state index contributed by atoms with van der Waals surface area (Å²) >= 11 is 0. The topological polar surface area (TPSA) is 61.1 Å². The number of carbonyl (C=O) groups excluding carboxylic acids is 1. The van der Waals surface area contributed by atoms with Gasteiger partial charge in [-0.15, -0.1) is 24.0 Å². The lowest BCUT2D eigenvalue weighted by atomic mass is 9.82. The lowest BCUT2D eigenvalue weighted by Crippen LogP contribution is -2.54. The molecule has 1 aromatic rings. The molecule has 1 amide bonds. The number of nitrogens with zero attached hydrogens (tertiary/aromatic N) is 3. The Kier molecular flexibility index (Phi) is 8.24. The molecule has 2 unspecified atom stereocenters.